The van der Waals surface area contributed by atoms with Gasteiger partial charge in [-0.15, -0.1) is 0 Å². The van der Waals surface area contributed by atoms with E-state index in [4.69, 9.17) is 28.4 Å². The standard InChI is InChI=1S/C53H92O15/c1-3-5-7-9-11-13-15-17-19-20-22-23-25-27-29-31-33-35-44(55)63-38-41(66-45(56)36-34-32-30-28-26-24-21-18-16-14-12-10-8-6-4-2)39-64-52-51(62)49(60)47(58)43(68-52)40-65-53-50(61)48(59)46(57)42(37-54)67-53/h11,13,17-19,21-23,41-43,46-54,57-62H,3-10,12,14-16,20,24-40H2,1-2H3/b13-11+,19-17+,21-18+,23-22+/t41-,42+,43+,46-,47-,48?,49?,50?,51?,52+,53+/m0/s1. The van der Waals surface area contributed by atoms with Gasteiger partial charge < -0.3 is 64.2 Å². The topological polar surface area (TPSA) is 231 Å². The molecule has 7 N–H and O–H groups in total. The number of unbranched alkanes of at least 4 members (excludes halogenated alkanes) is 18. The molecule has 11 atom stereocenters. The normalized spacial score (nSPS) is 26.1. The van der Waals surface area contributed by atoms with Crippen LogP contribution in [0.1, 0.15) is 181 Å². The Hall–Kier alpha value is -2.54. The van der Waals surface area contributed by atoms with Crippen LogP contribution in [0.15, 0.2) is 48.6 Å². The molecule has 0 spiro atoms. The molecule has 0 radical (unpaired) electrons. The van der Waals surface area contributed by atoms with Crippen LogP contribution in [0.25, 0.3) is 0 Å². The van der Waals surface area contributed by atoms with Crippen LogP contribution in [0.4, 0.5) is 0 Å². The number of ether oxygens (including phenoxy) is 6. The second-order valence-electron chi connectivity index (χ2n) is 18.3. The Morgan fingerprint density at radius 3 is 1.43 bits per heavy atom. The lowest BCUT2D eigenvalue weighted by Gasteiger charge is -2.42. The number of esters is 2. The quantitative estimate of drug-likeness (QED) is 0.0179. The van der Waals surface area contributed by atoms with E-state index in [-0.39, 0.29) is 19.4 Å². The summed E-state index contributed by atoms with van der Waals surface area (Å²) in [6.07, 6.45) is 27.0. The molecule has 2 aliphatic heterocycles. The van der Waals surface area contributed by atoms with Gasteiger partial charge in [-0.05, 0) is 77.0 Å². The van der Waals surface area contributed by atoms with E-state index in [9.17, 15) is 45.3 Å². The summed E-state index contributed by atoms with van der Waals surface area (Å²) in [6.45, 7) is 2.52. The van der Waals surface area contributed by atoms with Crippen molar-refractivity contribution in [2.24, 2.45) is 0 Å². The largest absolute Gasteiger partial charge is 0.462 e. The molecule has 2 aliphatic rings. The SMILES string of the molecule is CCCCC/C=C/C/C=C/C/C=C/CCCCCCC(=O)OC[C@@H](CO[C@@H]1O[C@H](CO[C@@H]2O[C@H](CO)[C@H](O)C(O)C2O)[C@H](O)C(O)C1O)OC(=O)CCCCCCC/C=C/CCCCCCCC. The van der Waals surface area contributed by atoms with Crippen molar-refractivity contribution in [1.82, 2.24) is 0 Å². The van der Waals surface area contributed by atoms with E-state index < -0.39 is 99.3 Å². The fourth-order valence-corrected chi connectivity index (χ4v) is 7.92. The summed E-state index contributed by atoms with van der Waals surface area (Å²) in [7, 11) is 0. The van der Waals surface area contributed by atoms with Gasteiger partial charge in [0.25, 0.3) is 0 Å². The maximum Gasteiger partial charge on any atom is 0.306 e. The van der Waals surface area contributed by atoms with Gasteiger partial charge in [0.05, 0.1) is 19.8 Å². The van der Waals surface area contributed by atoms with Crippen LogP contribution in [0.2, 0.25) is 0 Å². The number of hydrogen-bond donors (Lipinski definition) is 7. The number of allylic oxidation sites excluding steroid dienone is 8. The third-order valence-electron chi connectivity index (χ3n) is 12.3. The van der Waals surface area contributed by atoms with Crippen LogP contribution >= 0.6 is 0 Å². The summed E-state index contributed by atoms with van der Waals surface area (Å²) >= 11 is 0. The Bertz CT molecular complexity index is 1370. The maximum absolute atomic E-state index is 13.0. The number of carbonyl (C=O) groups excluding carboxylic acids is 2. The summed E-state index contributed by atoms with van der Waals surface area (Å²) in [6, 6.07) is 0. The average molecular weight is 969 g/mol. The van der Waals surface area contributed by atoms with E-state index in [0.717, 1.165) is 83.5 Å². The van der Waals surface area contributed by atoms with Gasteiger partial charge in [-0.1, -0.05) is 140 Å². The summed E-state index contributed by atoms with van der Waals surface area (Å²) in [5.41, 5.74) is 0. The van der Waals surface area contributed by atoms with Crippen molar-refractivity contribution in [3.8, 4) is 0 Å². The molecular weight excluding hydrogens is 877 g/mol. The molecule has 0 aromatic heterocycles. The first-order valence-corrected chi connectivity index (χ1v) is 26.2. The Morgan fingerprint density at radius 1 is 0.471 bits per heavy atom. The van der Waals surface area contributed by atoms with Gasteiger partial charge in [0.1, 0.15) is 55.4 Å². The summed E-state index contributed by atoms with van der Waals surface area (Å²) in [4.78, 5) is 25.8. The molecule has 68 heavy (non-hydrogen) atoms. The Morgan fingerprint density at radius 2 is 0.882 bits per heavy atom. The van der Waals surface area contributed by atoms with Gasteiger partial charge in [-0.2, -0.15) is 0 Å². The highest BCUT2D eigenvalue weighted by Gasteiger charge is 2.47. The summed E-state index contributed by atoms with van der Waals surface area (Å²) in [5.74, 6) is -0.960. The van der Waals surface area contributed by atoms with Crippen LogP contribution in [-0.4, -0.2) is 142 Å². The first kappa shape index (κ1) is 61.6. The predicted octanol–water partition coefficient (Wildman–Crippen LogP) is 7.49. The molecule has 394 valence electrons. The molecule has 0 bridgehead atoms. The molecular formula is C53H92O15. The molecule has 15 heteroatoms. The highest BCUT2D eigenvalue weighted by molar-refractivity contribution is 5.70. The highest BCUT2D eigenvalue weighted by atomic mass is 16.7. The minimum Gasteiger partial charge on any atom is -0.462 e. The Balaban J connectivity index is 1.82. The van der Waals surface area contributed by atoms with Crippen molar-refractivity contribution in [3.63, 3.8) is 0 Å². The van der Waals surface area contributed by atoms with Gasteiger partial charge in [0, 0.05) is 12.8 Å². The van der Waals surface area contributed by atoms with Crippen molar-refractivity contribution in [2.75, 3.05) is 26.4 Å². The lowest BCUT2D eigenvalue weighted by Crippen LogP contribution is -2.61. The first-order chi connectivity index (χ1) is 33.0. The average Bonchev–Trinajstić information content (AvgIpc) is 3.33. The third-order valence-corrected chi connectivity index (χ3v) is 12.3. The van der Waals surface area contributed by atoms with Gasteiger partial charge in [-0.25, -0.2) is 0 Å². The van der Waals surface area contributed by atoms with Crippen molar-refractivity contribution in [3.05, 3.63) is 48.6 Å². The molecule has 2 fully saturated rings. The van der Waals surface area contributed by atoms with Crippen LogP contribution < -0.4 is 0 Å². The van der Waals surface area contributed by atoms with E-state index in [0.29, 0.717) is 12.8 Å². The number of aliphatic hydroxyl groups is 7. The van der Waals surface area contributed by atoms with Crippen LogP contribution in [0.5, 0.6) is 0 Å². The van der Waals surface area contributed by atoms with Gasteiger partial charge in [0.15, 0.2) is 18.7 Å². The smallest absolute Gasteiger partial charge is 0.306 e. The number of aliphatic hydroxyl groups excluding tert-OH is 7. The fraction of sp³-hybridized carbons (Fsp3) is 0.811. The molecule has 2 rings (SSSR count). The van der Waals surface area contributed by atoms with E-state index in [1.54, 1.807) is 0 Å². The number of rotatable bonds is 40. The fourth-order valence-electron chi connectivity index (χ4n) is 7.92. The Kier molecular flexibility index (Phi) is 36.3. The van der Waals surface area contributed by atoms with Gasteiger partial charge in [-0.3, -0.25) is 9.59 Å². The minimum absolute atomic E-state index is 0.149. The lowest BCUT2D eigenvalue weighted by molar-refractivity contribution is -0.332. The molecule has 0 aromatic carbocycles. The van der Waals surface area contributed by atoms with Gasteiger partial charge >= 0.3 is 11.9 Å². The molecule has 0 saturated carbocycles. The zero-order valence-electron chi connectivity index (χ0n) is 41.6. The Labute approximate surface area is 408 Å². The molecule has 0 amide bonds. The molecule has 15 nitrogen and oxygen atoms in total. The second kappa shape index (κ2) is 40.1. The molecule has 4 unspecified atom stereocenters. The molecule has 2 saturated heterocycles. The van der Waals surface area contributed by atoms with Crippen molar-refractivity contribution in [2.45, 2.75) is 248 Å². The number of carbonyl (C=O) groups is 2. The minimum atomic E-state index is -1.77. The number of hydrogen-bond acceptors (Lipinski definition) is 15. The summed E-state index contributed by atoms with van der Waals surface area (Å²) < 4.78 is 33.6. The molecule has 0 aromatic rings. The van der Waals surface area contributed by atoms with E-state index in [1.807, 2.05) is 0 Å². The van der Waals surface area contributed by atoms with Crippen LogP contribution in [0.3, 0.4) is 0 Å². The van der Waals surface area contributed by atoms with Crippen LogP contribution in [0, 0.1) is 0 Å². The zero-order chi connectivity index (χ0) is 49.6. The van der Waals surface area contributed by atoms with E-state index in [2.05, 4.69) is 62.5 Å². The third kappa shape index (κ3) is 27.7. The van der Waals surface area contributed by atoms with Crippen LogP contribution in [-0.2, 0) is 38.0 Å². The van der Waals surface area contributed by atoms with E-state index in [1.165, 1.54) is 57.8 Å². The molecule has 0 aliphatic carbocycles. The van der Waals surface area contributed by atoms with Crippen molar-refractivity contribution < 1.29 is 73.8 Å². The lowest BCUT2D eigenvalue weighted by atomic mass is 9.98. The monoisotopic (exact) mass is 969 g/mol. The highest BCUT2D eigenvalue weighted by Crippen LogP contribution is 2.26. The van der Waals surface area contributed by atoms with Crippen molar-refractivity contribution in [1.29, 1.82) is 0 Å². The van der Waals surface area contributed by atoms with Crippen molar-refractivity contribution >= 4 is 11.9 Å². The van der Waals surface area contributed by atoms with E-state index >= 15 is 0 Å². The summed E-state index contributed by atoms with van der Waals surface area (Å²) in [5, 5.41) is 72.1. The zero-order valence-corrected chi connectivity index (χ0v) is 41.6. The second-order valence-corrected chi connectivity index (χ2v) is 18.3. The van der Waals surface area contributed by atoms with Gasteiger partial charge in [0.2, 0.25) is 0 Å². The predicted molar refractivity (Wildman–Crippen MR) is 261 cm³/mol. The maximum atomic E-state index is 13.0. The first-order valence-electron chi connectivity index (χ1n) is 26.2. The molecule has 2 heterocycles.